The minimum atomic E-state index is 0.131. The molecule has 0 bridgehead atoms. The molecule has 0 amide bonds. The zero-order valence-corrected chi connectivity index (χ0v) is 13.3. The number of Topliss-reactive ketones (excluding diaryl/α,β-unsaturated/α-hetero) is 1. The molecule has 0 N–H and O–H groups in total. The number of hydrogen-bond acceptors (Lipinski definition) is 2. The lowest BCUT2D eigenvalue weighted by atomic mass is 10.0. The van der Waals surface area contributed by atoms with E-state index < -0.39 is 0 Å². The Hall–Kier alpha value is -1.02. The molecule has 112 valence electrons. The molecule has 20 heavy (non-hydrogen) atoms. The van der Waals surface area contributed by atoms with Gasteiger partial charge in [0.1, 0.15) is 5.75 Å². The lowest BCUT2D eigenvalue weighted by Gasteiger charge is -2.06. The first-order chi connectivity index (χ1) is 9.69. The van der Waals surface area contributed by atoms with Gasteiger partial charge in [-0.3, -0.25) is 4.79 Å². The second kappa shape index (κ2) is 9.82. The third-order valence-electron chi connectivity index (χ3n) is 3.48. The number of rotatable bonds is 10. The van der Waals surface area contributed by atoms with Gasteiger partial charge in [-0.25, -0.2) is 0 Å². The van der Waals surface area contributed by atoms with Crippen LogP contribution in [0.2, 0.25) is 5.02 Å². The first-order valence-electron chi connectivity index (χ1n) is 7.55. The summed E-state index contributed by atoms with van der Waals surface area (Å²) in [5, 5.41) is 0.484. The molecule has 0 saturated carbocycles. The summed E-state index contributed by atoms with van der Waals surface area (Å²) < 4.78 is 5.08. The third kappa shape index (κ3) is 5.96. The van der Waals surface area contributed by atoms with Crippen molar-refractivity contribution >= 4 is 17.4 Å². The van der Waals surface area contributed by atoms with Crippen LogP contribution in [0.15, 0.2) is 18.2 Å². The molecule has 1 aromatic carbocycles. The standard InChI is InChI=1S/C17H25ClO2/c1-3-4-5-6-7-8-9-10-17(19)15-12-11-14(20-2)13-16(15)18/h11-13H,3-10H2,1-2H3. The Labute approximate surface area is 127 Å². The minimum absolute atomic E-state index is 0.131. The van der Waals surface area contributed by atoms with Crippen molar-refractivity contribution in [3.63, 3.8) is 0 Å². The van der Waals surface area contributed by atoms with E-state index in [1.807, 2.05) is 0 Å². The number of hydrogen-bond donors (Lipinski definition) is 0. The van der Waals surface area contributed by atoms with E-state index in [0.717, 1.165) is 12.8 Å². The van der Waals surface area contributed by atoms with Gasteiger partial charge in [-0.15, -0.1) is 0 Å². The van der Waals surface area contributed by atoms with Gasteiger partial charge >= 0.3 is 0 Å². The van der Waals surface area contributed by atoms with E-state index in [4.69, 9.17) is 16.3 Å². The fourth-order valence-electron chi connectivity index (χ4n) is 2.23. The van der Waals surface area contributed by atoms with Crippen molar-refractivity contribution in [3.8, 4) is 5.75 Å². The van der Waals surface area contributed by atoms with Crippen LogP contribution in [0.25, 0.3) is 0 Å². The van der Waals surface area contributed by atoms with Crippen LogP contribution >= 0.6 is 11.6 Å². The Balaban J connectivity index is 2.29. The van der Waals surface area contributed by atoms with Gasteiger partial charge in [0.25, 0.3) is 0 Å². The quantitative estimate of drug-likeness (QED) is 0.410. The van der Waals surface area contributed by atoms with Crippen molar-refractivity contribution in [2.24, 2.45) is 0 Å². The highest BCUT2D eigenvalue weighted by atomic mass is 35.5. The summed E-state index contributed by atoms with van der Waals surface area (Å²) in [5.41, 5.74) is 0.610. The van der Waals surface area contributed by atoms with E-state index in [9.17, 15) is 4.79 Å². The van der Waals surface area contributed by atoms with Gasteiger partial charge in [-0.05, 0) is 24.6 Å². The first kappa shape index (κ1) is 17.0. The summed E-state index contributed by atoms with van der Waals surface area (Å²) in [5.74, 6) is 0.814. The van der Waals surface area contributed by atoms with Gasteiger partial charge < -0.3 is 4.74 Å². The molecule has 0 aliphatic rings. The number of ketones is 1. The molecule has 0 radical (unpaired) electrons. The van der Waals surface area contributed by atoms with Crippen molar-refractivity contribution in [3.05, 3.63) is 28.8 Å². The number of carbonyl (C=O) groups is 1. The van der Waals surface area contributed by atoms with E-state index in [1.165, 1.54) is 32.1 Å². The zero-order chi connectivity index (χ0) is 14.8. The molecular weight excluding hydrogens is 272 g/mol. The molecule has 3 heteroatoms. The van der Waals surface area contributed by atoms with E-state index >= 15 is 0 Å². The van der Waals surface area contributed by atoms with Crippen LogP contribution in [0.4, 0.5) is 0 Å². The van der Waals surface area contributed by atoms with E-state index in [-0.39, 0.29) is 5.78 Å². The summed E-state index contributed by atoms with van der Waals surface area (Å²) in [4.78, 5) is 12.1. The van der Waals surface area contributed by atoms with Crippen LogP contribution in [-0.2, 0) is 0 Å². The van der Waals surface area contributed by atoms with Gasteiger partial charge in [-0.2, -0.15) is 0 Å². The van der Waals surface area contributed by atoms with Crippen LogP contribution in [0.1, 0.15) is 68.6 Å². The summed E-state index contributed by atoms with van der Waals surface area (Å²) >= 11 is 6.10. The van der Waals surface area contributed by atoms with E-state index in [0.29, 0.717) is 22.8 Å². The monoisotopic (exact) mass is 296 g/mol. The predicted molar refractivity (Wildman–Crippen MR) is 84.9 cm³/mol. The maximum absolute atomic E-state index is 12.1. The topological polar surface area (TPSA) is 26.3 Å². The minimum Gasteiger partial charge on any atom is -0.497 e. The third-order valence-corrected chi connectivity index (χ3v) is 3.80. The van der Waals surface area contributed by atoms with E-state index in [1.54, 1.807) is 25.3 Å². The fourth-order valence-corrected chi connectivity index (χ4v) is 2.50. The van der Waals surface area contributed by atoms with Crippen molar-refractivity contribution < 1.29 is 9.53 Å². The van der Waals surface area contributed by atoms with Crippen LogP contribution in [0, 0.1) is 0 Å². The van der Waals surface area contributed by atoms with Gasteiger partial charge in [0.15, 0.2) is 5.78 Å². The molecule has 0 heterocycles. The summed E-state index contributed by atoms with van der Waals surface area (Å²) in [6.07, 6.45) is 9.08. The molecule has 0 atom stereocenters. The molecular formula is C17H25ClO2. The van der Waals surface area contributed by atoms with Crippen LogP contribution < -0.4 is 4.74 Å². The number of ether oxygens (including phenoxy) is 1. The van der Waals surface area contributed by atoms with Crippen LogP contribution in [0.3, 0.4) is 0 Å². The van der Waals surface area contributed by atoms with E-state index in [2.05, 4.69) is 6.92 Å². The van der Waals surface area contributed by atoms with Gasteiger partial charge in [0.2, 0.25) is 0 Å². The summed E-state index contributed by atoms with van der Waals surface area (Å²) in [7, 11) is 1.59. The Morgan fingerprint density at radius 3 is 2.35 bits per heavy atom. The number of carbonyl (C=O) groups excluding carboxylic acids is 1. The van der Waals surface area contributed by atoms with Gasteiger partial charge in [0, 0.05) is 12.0 Å². The molecule has 0 unspecified atom stereocenters. The highest BCUT2D eigenvalue weighted by molar-refractivity contribution is 6.34. The maximum atomic E-state index is 12.1. The largest absolute Gasteiger partial charge is 0.497 e. The van der Waals surface area contributed by atoms with Crippen molar-refractivity contribution in [2.45, 2.75) is 58.3 Å². The highest BCUT2D eigenvalue weighted by Crippen LogP contribution is 2.24. The van der Waals surface area contributed by atoms with Crippen LogP contribution in [-0.4, -0.2) is 12.9 Å². The average molecular weight is 297 g/mol. The molecule has 0 aliphatic heterocycles. The van der Waals surface area contributed by atoms with Gasteiger partial charge in [-0.1, -0.05) is 57.0 Å². The Bertz CT molecular complexity index is 415. The predicted octanol–water partition coefficient (Wildman–Crippen LogP) is 5.67. The number of halogens is 1. The molecule has 0 saturated heterocycles. The second-order valence-corrected chi connectivity index (χ2v) is 5.55. The first-order valence-corrected chi connectivity index (χ1v) is 7.93. The van der Waals surface area contributed by atoms with Gasteiger partial charge in [0.05, 0.1) is 12.1 Å². The molecule has 0 aliphatic carbocycles. The average Bonchev–Trinajstić information content (AvgIpc) is 2.45. The Morgan fingerprint density at radius 2 is 1.75 bits per heavy atom. The molecule has 0 aromatic heterocycles. The smallest absolute Gasteiger partial charge is 0.164 e. The maximum Gasteiger partial charge on any atom is 0.164 e. The normalized spacial score (nSPS) is 10.6. The molecule has 0 fully saturated rings. The molecule has 2 nitrogen and oxygen atoms in total. The van der Waals surface area contributed by atoms with Crippen molar-refractivity contribution in [1.82, 2.24) is 0 Å². The summed E-state index contributed by atoms with van der Waals surface area (Å²) in [6.45, 7) is 2.22. The zero-order valence-electron chi connectivity index (χ0n) is 12.6. The fraction of sp³-hybridized carbons (Fsp3) is 0.588. The molecule has 0 spiro atoms. The lowest BCUT2D eigenvalue weighted by Crippen LogP contribution is -2.00. The Morgan fingerprint density at radius 1 is 1.10 bits per heavy atom. The van der Waals surface area contributed by atoms with Crippen molar-refractivity contribution in [2.75, 3.05) is 7.11 Å². The SMILES string of the molecule is CCCCCCCCCC(=O)c1ccc(OC)cc1Cl. The molecule has 1 rings (SSSR count). The second-order valence-electron chi connectivity index (χ2n) is 5.14. The van der Waals surface area contributed by atoms with Crippen molar-refractivity contribution in [1.29, 1.82) is 0 Å². The highest BCUT2D eigenvalue weighted by Gasteiger charge is 2.10. The Kier molecular flexibility index (Phi) is 8.36. The number of benzene rings is 1. The summed E-state index contributed by atoms with van der Waals surface area (Å²) in [6, 6.07) is 5.23. The van der Waals surface area contributed by atoms with Crippen LogP contribution in [0.5, 0.6) is 5.75 Å². The number of unbranched alkanes of at least 4 members (excludes halogenated alkanes) is 6. The lowest BCUT2D eigenvalue weighted by molar-refractivity contribution is 0.0979. The number of methoxy groups -OCH3 is 1. The molecule has 1 aromatic rings.